The lowest BCUT2D eigenvalue weighted by Crippen LogP contribution is -2.02. The summed E-state index contributed by atoms with van der Waals surface area (Å²) in [6.07, 6.45) is 15.6. The smallest absolute Gasteiger partial charge is 0.207 e. The Bertz CT molecular complexity index is 708. The van der Waals surface area contributed by atoms with Gasteiger partial charge in [0.15, 0.2) is 11.5 Å². The molecule has 0 bridgehead atoms. The molecule has 1 aromatic carbocycles. The van der Waals surface area contributed by atoms with Crippen LogP contribution in [0.15, 0.2) is 11.6 Å². The van der Waals surface area contributed by atoms with Gasteiger partial charge < -0.3 is 19.7 Å². The number of methoxy groups -OCH3 is 2. The highest BCUT2D eigenvalue weighted by atomic mass is 16.5. The van der Waals surface area contributed by atoms with E-state index in [2.05, 4.69) is 33.8 Å². The Morgan fingerprint density at radius 2 is 1.47 bits per heavy atom. The molecule has 184 valence electrons. The minimum atomic E-state index is 0.0445. The molecule has 32 heavy (non-hydrogen) atoms. The average molecular weight is 449 g/mol. The first kappa shape index (κ1) is 28.2. The summed E-state index contributed by atoms with van der Waals surface area (Å²) >= 11 is 0. The van der Waals surface area contributed by atoms with Gasteiger partial charge in [-0.05, 0) is 64.2 Å². The molecule has 4 nitrogen and oxygen atoms in total. The fourth-order valence-electron chi connectivity index (χ4n) is 4.40. The van der Waals surface area contributed by atoms with Gasteiger partial charge in [0.1, 0.15) is 0 Å². The number of benzene rings is 1. The summed E-state index contributed by atoms with van der Waals surface area (Å²) in [6, 6.07) is 0. The molecule has 0 amide bonds. The molecule has 0 aliphatic rings. The van der Waals surface area contributed by atoms with Crippen molar-refractivity contribution < 1.29 is 19.7 Å². The van der Waals surface area contributed by atoms with E-state index < -0.39 is 0 Å². The summed E-state index contributed by atoms with van der Waals surface area (Å²) in [4.78, 5) is 0. The predicted molar refractivity (Wildman–Crippen MR) is 135 cm³/mol. The van der Waals surface area contributed by atoms with E-state index in [1.165, 1.54) is 64.7 Å². The van der Waals surface area contributed by atoms with Gasteiger partial charge in [0.05, 0.1) is 14.2 Å². The van der Waals surface area contributed by atoms with Gasteiger partial charge in [0, 0.05) is 11.1 Å². The fraction of sp³-hybridized carbons (Fsp3) is 0.714. The lowest BCUT2D eigenvalue weighted by Gasteiger charge is -2.19. The van der Waals surface area contributed by atoms with E-state index >= 15 is 0 Å². The number of allylic oxidation sites excluding steroid dienone is 2. The number of hydrogen-bond acceptors (Lipinski definition) is 4. The van der Waals surface area contributed by atoms with Gasteiger partial charge in [0.25, 0.3) is 0 Å². The largest absolute Gasteiger partial charge is 0.504 e. The number of rotatable bonds is 16. The van der Waals surface area contributed by atoms with E-state index in [1.54, 1.807) is 0 Å². The van der Waals surface area contributed by atoms with Crippen molar-refractivity contribution in [2.24, 2.45) is 11.8 Å². The van der Waals surface area contributed by atoms with Crippen LogP contribution in [0.25, 0.3) is 0 Å². The molecule has 0 saturated heterocycles. The monoisotopic (exact) mass is 448 g/mol. The molecule has 2 N–H and O–H groups in total. The number of hydrogen-bond donors (Lipinski definition) is 2. The third kappa shape index (κ3) is 8.96. The van der Waals surface area contributed by atoms with Gasteiger partial charge in [-0.3, -0.25) is 0 Å². The summed E-state index contributed by atoms with van der Waals surface area (Å²) in [5, 5.41) is 21.0. The van der Waals surface area contributed by atoms with Gasteiger partial charge in [-0.25, -0.2) is 0 Å². The van der Waals surface area contributed by atoms with Crippen LogP contribution in [0, 0.1) is 18.8 Å². The van der Waals surface area contributed by atoms with Crippen LogP contribution in [0.3, 0.4) is 0 Å². The molecule has 2 atom stereocenters. The third-order valence-corrected chi connectivity index (χ3v) is 6.75. The molecule has 1 aromatic rings. The average Bonchev–Trinajstić information content (AvgIpc) is 2.76. The van der Waals surface area contributed by atoms with Gasteiger partial charge in [-0.15, -0.1) is 0 Å². The van der Waals surface area contributed by atoms with Crippen molar-refractivity contribution in [2.75, 3.05) is 14.2 Å². The molecule has 1 rings (SSSR count). The van der Waals surface area contributed by atoms with Crippen molar-refractivity contribution in [3.05, 3.63) is 22.8 Å². The highest BCUT2D eigenvalue weighted by Crippen LogP contribution is 2.48. The van der Waals surface area contributed by atoms with Crippen LogP contribution >= 0.6 is 0 Å². The van der Waals surface area contributed by atoms with E-state index in [9.17, 15) is 10.2 Å². The first-order chi connectivity index (χ1) is 15.3. The molecule has 0 heterocycles. The second kappa shape index (κ2) is 15.1. The lowest BCUT2D eigenvalue weighted by atomic mass is 9.92. The number of aromatic hydroxyl groups is 2. The summed E-state index contributed by atoms with van der Waals surface area (Å²) < 4.78 is 10.5. The van der Waals surface area contributed by atoms with Crippen molar-refractivity contribution in [3.63, 3.8) is 0 Å². The Labute approximate surface area is 197 Å². The highest BCUT2D eigenvalue weighted by Gasteiger charge is 2.23. The molecule has 0 saturated carbocycles. The van der Waals surface area contributed by atoms with E-state index in [-0.39, 0.29) is 23.0 Å². The molecule has 0 aliphatic carbocycles. The SMILES string of the molecule is CCCCCC(C)CCC/C(C)=C/CCC(C)CCc1c(C)c(O)c(OC)c(OC)c1O. The Kier molecular flexibility index (Phi) is 13.3. The minimum absolute atomic E-state index is 0.0445. The van der Waals surface area contributed by atoms with E-state index in [0.717, 1.165) is 30.7 Å². The third-order valence-electron chi connectivity index (χ3n) is 6.75. The Morgan fingerprint density at radius 1 is 0.875 bits per heavy atom. The van der Waals surface area contributed by atoms with Crippen molar-refractivity contribution in [1.82, 2.24) is 0 Å². The van der Waals surface area contributed by atoms with Crippen LogP contribution in [0.2, 0.25) is 0 Å². The molecule has 0 spiro atoms. The second-order valence-corrected chi connectivity index (χ2v) is 9.63. The summed E-state index contributed by atoms with van der Waals surface area (Å²) in [7, 11) is 2.93. The van der Waals surface area contributed by atoms with Gasteiger partial charge in [-0.2, -0.15) is 0 Å². The zero-order valence-electron chi connectivity index (χ0n) is 21.7. The van der Waals surface area contributed by atoms with Gasteiger partial charge >= 0.3 is 0 Å². The minimum Gasteiger partial charge on any atom is -0.504 e. The summed E-state index contributed by atoms with van der Waals surface area (Å²) in [5.74, 6) is 1.90. The van der Waals surface area contributed by atoms with Crippen molar-refractivity contribution in [3.8, 4) is 23.0 Å². The number of unbranched alkanes of at least 4 members (excludes halogenated alkanes) is 2. The topological polar surface area (TPSA) is 58.9 Å². The van der Waals surface area contributed by atoms with Crippen molar-refractivity contribution >= 4 is 0 Å². The predicted octanol–water partition coefficient (Wildman–Crippen LogP) is 8.11. The van der Waals surface area contributed by atoms with Crippen LogP contribution in [0.4, 0.5) is 0 Å². The normalized spacial score (nSPS) is 13.8. The zero-order valence-corrected chi connectivity index (χ0v) is 21.7. The molecule has 0 radical (unpaired) electrons. The maximum Gasteiger partial charge on any atom is 0.207 e. The van der Waals surface area contributed by atoms with E-state index in [1.807, 2.05) is 6.92 Å². The van der Waals surface area contributed by atoms with Crippen LogP contribution in [-0.4, -0.2) is 24.4 Å². The Morgan fingerprint density at radius 3 is 2.09 bits per heavy atom. The van der Waals surface area contributed by atoms with Gasteiger partial charge in [-0.1, -0.05) is 64.5 Å². The van der Waals surface area contributed by atoms with Crippen LogP contribution in [0.5, 0.6) is 23.0 Å². The Hall–Kier alpha value is -1.84. The number of phenolic OH excluding ortho intramolecular Hbond substituents is 2. The Balaban J connectivity index is 2.46. The first-order valence-electron chi connectivity index (χ1n) is 12.6. The summed E-state index contributed by atoms with van der Waals surface area (Å²) in [6.45, 7) is 11.0. The van der Waals surface area contributed by atoms with Crippen LogP contribution in [-0.2, 0) is 6.42 Å². The standard InChI is InChI=1S/C28H48O4/c1-8-9-10-13-20(2)14-11-15-21(3)16-12-17-22(4)18-19-24-23(5)25(29)27(31-6)28(32-7)26(24)30/h16,20,22,29-30H,8-15,17-19H2,1-7H3/b21-16+. The molecule has 0 aromatic heterocycles. The molecule has 4 heteroatoms. The molecule has 0 aliphatic heterocycles. The van der Waals surface area contributed by atoms with Crippen LogP contribution < -0.4 is 9.47 Å². The lowest BCUT2D eigenvalue weighted by molar-refractivity contribution is 0.313. The molecule has 2 unspecified atom stereocenters. The quantitative estimate of drug-likeness (QED) is 0.152. The highest BCUT2D eigenvalue weighted by molar-refractivity contribution is 5.65. The zero-order chi connectivity index (χ0) is 24.1. The van der Waals surface area contributed by atoms with Crippen LogP contribution in [0.1, 0.15) is 103 Å². The van der Waals surface area contributed by atoms with E-state index in [4.69, 9.17) is 9.47 Å². The molecule has 0 fully saturated rings. The number of phenols is 2. The maximum absolute atomic E-state index is 10.6. The van der Waals surface area contributed by atoms with E-state index in [0.29, 0.717) is 17.9 Å². The maximum atomic E-state index is 10.6. The summed E-state index contributed by atoms with van der Waals surface area (Å²) in [5.41, 5.74) is 2.91. The van der Waals surface area contributed by atoms with Crippen molar-refractivity contribution in [2.45, 2.75) is 105 Å². The second-order valence-electron chi connectivity index (χ2n) is 9.63. The number of ether oxygens (including phenoxy) is 2. The first-order valence-corrected chi connectivity index (χ1v) is 12.6. The van der Waals surface area contributed by atoms with Gasteiger partial charge in [0.2, 0.25) is 11.5 Å². The molecular weight excluding hydrogens is 400 g/mol. The van der Waals surface area contributed by atoms with Crippen molar-refractivity contribution in [1.29, 1.82) is 0 Å². The fourth-order valence-corrected chi connectivity index (χ4v) is 4.40. The molecular formula is C28H48O4.